The number of fused-ring (bicyclic) bond motifs is 1. The Morgan fingerprint density at radius 1 is 0.943 bits per heavy atom. The molecule has 0 radical (unpaired) electrons. The molecule has 2 N–H and O–H groups in total. The van der Waals surface area contributed by atoms with Crippen LogP contribution >= 0.6 is 22.7 Å². The first kappa shape index (κ1) is 22.9. The van der Waals surface area contributed by atoms with E-state index in [9.17, 15) is 19.1 Å². The van der Waals surface area contributed by atoms with Gasteiger partial charge in [0.05, 0.1) is 4.88 Å². The molecule has 8 heteroatoms. The minimum atomic E-state index is -1.08. The number of hydrogen-bond acceptors (Lipinski definition) is 6. The van der Waals surface area contributed by atoms with E-state index in [1.54, 1.807) is 32.0 Å². The van der Waals surface area contributed by atoms with E-state index >= 15 is 0 Å². The number of phenolic OH excluding ortho intramolecular Hbond substituents is 1. The van der Waals surface area contributed by atoms with Crippen molar-refractivity contribution in [1.29, 1.82) is 0 Å². The highest BCUT2D eigenvalue weighted by Gasteiger charge is 2.24. The quantitative estimate of drug-likeness (QED) is 0.250. The average molecular weight is 504 g/mol. The first-order valence-electron chi connectivity index (χ1n) is 10.6. The van der Waals surface area contributed by atoms with E-state index in [-0.39, 0.29) is 23.0 Å². The molecule has 0 saturated carbocycles. The van der Waals surface area contributed by atoms with Gasteiger partial charge in [-0.15, -0.1) is 22.7 Å². The molecule has 3 aromatic carbocycles. The highest BCUT2D eigenvalue weighted by atomic mass is 32.1. The average Bonchev–Trinajstić information content (AvgIpc) is 3.44. The molecule has 0 fully saturated rings. The predicted molar refractivity (Wildman–Crippen MR) is 136 cm³/mol. The molecule has 0 bridgehead atoms. The molecular formula is C27H18FNO4S2. The Labute approximate surface area is 207 Å². The van der Waals surface area contributed by atoms with Gasteiger partial charge in [-0.2, -0.15) is 0 Å². The highest BCUT2D eigenvalue weighted by Crippen LogP contribution is 2.42. The molecule has 174 valence electrons. The fourth-order valence-corrected chi connectivity index (χ4v) is 6.20. The van der Waals surface area contributed by atoms with Crippen LogP contribution in [0, 0.1) is 19.7 Å². The molecule has 0 amide bonds. The molecule has 5 nitrogen and oxygen atoms in total. The Kier molecular flexibility index (Phi) is 5.70. The van der Waals surface area contributed by atoms with E-state index in [2.05, 4.69) is 4.98 Å². The fourth-order valence-electron chi connectivity index (χ4n) is 4.20. The summed E-state index contributed by atoms with van der Waals surface area (Å²) in [4.78, 5) is 29.6. The smallest absolute Gasteiger partial charge is 0.355 e. The molecule has 0 unspecified atom stereocenters. The molecule has 5 aromatic rings. The maximum absolute atomic E-state index is 13.9. The number of rotatable bonds is 5. The van der Waals surface area contributed by atoms with Crippen molar-refractivity contribution in [3.05, 3.63) is 93.1 Å². The van der Waals surface area contributed by atoms with Gasteiger partial charge >= 0.3 is 5.97 Å². The zero-order valence-electron chi connectivity index (χ0n) is 18.6. The number of carbonyl (C=O) groups excluding carboxylic acids is 1. The number of aryl methyl sites for hydroxylation is 2. The number of hydrogen-bond donors (Lipinski definition) is 2. The third-order valence-electron chi connectivity index (χ3n) is 5.75. The van der Waals surface area contributed by atoms with Gasteiger partial charge in [-0.1, -0.05) is 24.3 Å². The number of nitrogens with zero attached hydrogens (tertiary/aromatic N) is 1. The monoisotopic (exact) mass is 503 g/mol. The number of thiazole rings is 1. The second-order valence-corrected chi connectivity index (χ2v) is 10.1. The molecule has 0 atom stereocenters. The van der Waals surface area contributed by atoms with Gasteiger partial charge < -0.3 is 10.2 Å². The van der Waals surface area contributed by atoms with Gasteiger partial charge in [0.2, 0.25) is 5.78 Å². The first-order valence-corrected chi connectivity index (χ1v) is 12.3. The van der Waals surface area contributed by atoms with Crippen molar-refractivity contribution in [1.82, 2.24) is 4.98 Å². The summed E-state index contributed by atoms with van der Waals surface area (Å²) < 4.78 is 14.6. The second kappa shape index (κ2) is 8.72. The lowest BCUT2D eigenvalue weighted by Gasteiger charge is -2.11. The van der Waals surface area contributed by atoms with Crippen LogP contribution in [0.3, 0.4) is 0 Å². The van der Waals surface area contributed by atoms with Crippen molar-refractivity contribution in [2.24, 2.45) is 0 Å². The number of carbonyl (C=O) groups is 2. The minimum absolute atomic E-state index is 0.00404. The van der Waals surface area contributed by atoms with Crippen molar-refractivity contribution in [3.63, 3.8) is 0 Å². The molecule has 2 heterocycles. The lowest BCUT2D eigenvalue weighted by Crippen LogP contribution is -2.06. The number of aromatic carboxylic acids is 1. The Bertz CT molecular complexity index is 1610. The van der Waals surface area contributed by atoms with Crippen LogP contribution in [0.1, 0.15) is 36.9 Å². The fraction of sp³-hybridized carbons (Fsp3) is 0.0741. The van der Waals surface area contributed by atoms with Crippen LogP contribution in [0.5, 0.6) is 5.75 Å². The Balaban J connectivity index is 1.65. The summed E-state index contributed by atoms with van der Waals surface area (Å²) in [7, 11) is 0. The Hall–Kier alpha value is -3.88. The second-order valence-electron chi connectivity index (χ2n) is 8.15. The van der Waals surface area contributed by atoms with Crippen LogP contribution in [0.4, 0.5) is 4.39 Å². The van der Waals surface area contributed by atoms with Crippen LogP contribution in [0.15, 0.2) is 60.0 Å². The van der Waals surface area contributed by atoms with Gasteiger partial charge in [0.15, 0.2) is 5.69 Å². The lowest BCUT2D eigenvalue weighted by atomic mass is 9.93. The number of aromatic nitrogens is 1. The number of halogens is 1. The standard InChI is InChI=1S/C27H18FNO4S2/c1-13-9-17(28)10-14(2)22(13)24(31)25-23(19-8-7-18(30)11-21(19)35-25)15-3-5-16(6-4-15)26-29-20(12-34-26)27(32)33/h3-12,30H,1-2H3,(H,32,33). The van der Waals surface area contributed by atoms with E-state index in [1.165, 1.54) is 40.2 Å². The number of thiophene rings is 1. The van der Waals surface area contributed by atoms with E-state index < -0.39 is 5.97 Å². The third-order valence-corrected chi connectivity index (χ3v) is 7.79. The number of carboxylic acids is 1. The summed E-state index contributed by atoms with van der Waals surface area (Å²) in [5.41, 5.74) is 3.87. The molecule has 5 rings (SSSR count). The van der Waals surface area contributed by atoms with Gasteiger partial charge in [0.1, 0.15) is 16.6 Å². The number of phenols is 1. The maximum Gasteiger partial charge on any atom is 0.355 e. The van der Waals surface area contributed by atoms with Crippen LogP contribution in [-0.4, -0.2) is 26.9 Å². The van der Waals surface area contributed by atoms with Crippen molar-refractivity contribution < 1.29 is 24.2 Å². The molecule has 2 aromatic heterocycles. The van der Waals surface area contributed by atoms with Crippen molar-refractivity contribution in [2.75, 3.05) is 0 Å². The molecule has 0 aliphatic heterocycles. The zero-order chi connectivity index (χ0) is 24.9. The molecule has 0 aliphatic rings. The molecule has 0 aliphatic carbocycles. The minimum Gasteiger partial charge on any atom is -0.508 e. The van der Waals surface area contributed by atoms with Crippen LogP contribution in [0.25, 0.3) is 31.8 Å². The highest BCUT2D eigenvalue weighted by molar-refractivity contribution is 7.21. The summed E-state index contributed by atoms with van der Waals surface area (Å²) in [6.07, 6.45) is 0. The first-order chi connectivity index (χ1) is 16.7. The molecular weight excluding hydrogens is 485 g/mol. The largest absolute Gasteiger partial charge is 0.508 e. The number of aromatic hydroxyl groups is 1. The zero-order valence-corrected chi connectivity index (χ0v) is 20.3. The van der Waals surface area contributed by atoms with Crippen molar-refractivity contribution in [2.45, 2.75) is 13.8 Å². The summed E-state index contributed by atoms with van der Waals surface area (Å²) in [6.45, 7) is 3.44. The number of ketones is 1. The van der Waals surface area contributed by atoms with Gasteiger partial charge in [-0.05, 0) is 60.9 Å². The predicted octanol–water partition coefficient (Wildman–Crippen LogP) is 7.08. The number of benzene rings is 3. The lowest BCUT2D eigenvalue weighted by molar-refractivity contribution is 0.0691. The molecule has 35 heavy (non-hydrogen) atoms. The van der Waals surface area contributed by atoms with Crippen molar-refractivity contribution >= 4 is 44.5 Å². The molecule has 0 saturated heterocycles. The topological polar surface area (TPSA) is 87.5 Å². The summed E-state index contributed by atoms with van der Waals surface area (Å²) in [5.74, 6) is -1.56. The van der Waals surface area contributed by atoms with Crippen LogP contribution < -0.4 is 0 Å². The normalized spacial score (nSPS) is 11.2. The van der Waals surface area contributed by atoms with Crippen LogP contribution in [-0.2, 0) is 0 Å². The molecule has 0 spiro atoms. The summed E-state index contributed by atoms with van der Waals surface area (Å²) >= 11 is 2.53. The van der Waals surface area contributed by atoms with Gasteiger partial charge in [-0.25, -0.2) is 14.2 Å². The van der Waals surface area contributed by atoms with Gasteiger partial charge in [0.25, 0.3) is 0 Å². The Morgan fingerprint density at radius 2 is 1.60 bits per heavy atom. The Morgan fingerprint density at radius 3 is 2.23 bits per heavy atom. The maximum atomic E-state index is 13.9. The van der Waals surface area contributed by atoms with Gasteiger partial charge in [0, 0.05) is 32.2 Å². The van der Waals surface area contributed by atoms with Gasteiger partial charge in [-0.3, -0.25) is 4.79 Å². The van der Waals surface area contributed by atoms with E-state index in [1.807, 2.05) is 24.3 Å². The van der Waals surface area contributed by atoms with E-state index in [0.29, 0.717) is 26.6 Å². The van der Waals surface area contributed by atoms with E-state index in [0.717, 1.165) is 26.8 Å². The summed E-state index contributed by atoms with van der Waals surface area (Å²) in [6, 6.07) is 15.1. The summed E-state index contributed by atoms with van der Waals surface area (Å²) in [5, 5.41) is 22.1. The third kappa shape index (κ3) is 4.11. The van der Waals surface area contributed by atoms with E-state index in [4.69, 9.17) is 5.11 Å². The van der Waals surface area contributed by atoms with Crippen molar-refractivity contribution in [3.8, 4) is 27.4 Å². The number of carboxylic acid groups (broad SMARTS) is 1. The SMILES string of the molecule is Cc1cc(F)cc(C)c1C(=O)c1sc2cc(O)ccc2c1-c1ccc(-c2nc(C(=O)O)cs2)cc1. The van der Waals surface area contributed by atoms with Crippen LogP contribution in [0.2, 0.25) is 0 Å².